The second-order valence-electron chi connectivity index (χ2n) is 6.67. The molecule has 0 aliphatic heterocycles. The molecule has 0 spiro atoms. The number of halogens is 2. The highest BCUT2D eigenvalue weighted by Gasteiger charge is 2.15. The Kier molecular flexibility index (Phi) is 5.38. The number of carboxylic acids is 1. The maximum absolute atomic E-state index is 14.9. The summed E-state index contributed by atoms with van der Waals surface area (Å²) in [5, 5.41) is 10.5. The van der Waals surface area contributed by atoms with Gasteiger partial charge in [-0.15, -0.1) is 0 Å². The minimum Gasteiger partial charge on any atom is -0.494 e. The number of rotatable bonds is 5. The smallest absolute Gasteiger partial charge is 0.336 e. The van der Waals surface area contributed by atoms with Gasteiger partial charge in [-0.1, -0.05) is 35.9 Å². The first-order valence-electron chi connectivity index (χ1n) is 9.33. The number of ether oxygens (including phenoxy) is 1. The number of carbonyl (C=O) groups is 1. The van der Waals surface area contributed by atoms with Gasteiger partial charge in [-0.05, 0) is 55.0 Å². The van der Waals surface area contributed by atoms with E-state index >= 15 is 0 Å². The fourth-order valence-corrected chi connectivity index (χ4v) is 3.50. The standard InChI is InChI=1S/C24H17ClFNO3/c1-2-30-17-7-3-14(4-8-17)18-9-5-15(11-21(18)26)23-13-20(24(28)29)19-12-16(25)6-10-22(19)27-23/h3-13H,2H2,1H3,(H,28,29). The molecule has 0 atom stereocenters. The zero-order valence-electron chi connectivity index (χ0n) is 16.0. The molecule has 0 saturated heterocycles. The molecule has 150 valence electrons. The third-order valence-electron chi connectivity index (χ3n) is 4.74. The summed E-state index contributed by atoms with van der Waals surface area (Å²) < 4.78 is 20.3. The van der Waals surface area contributed by atoms with Crippen molar-refractivity contribution in [1.82, 2.24) is 4.98 Å². The lowest BCUT2D eigenvalue weighted by molar-refractivity contribution is 0.0699. The molecule has 1 aromatic heterocycles. The van der Waals surface area contributed by atoms with Crippen LogP contribution in [0.2, 0.25) is 5.02 Å². The first-order valence-corrected chi connectivity index (χ1v) is 9.71. The van der Waals surface area contributed by atoms with Gasteiger partial charge >= 0.3 is 5.97 Å². The predicted octanol–water partition coefficient (Wildman–Crippen LogP) is 6.46. The van der Waals surface area contributed by atoms with Crippen LogP contribution in [-0.2, 0) is 0 Å². The molecule has 1 N–H and O–H groups in total. The highest BCUT2D eigenvalue weighted by Crippen LogP contribution is 2.31. The summed E-state index contributed by atoms with van der Waals surface area (Å²) >= 11 is 6.00. The molecule has 0 bridgehead atoms. The van der Waals surface area contributed by atoms with E-state index in [0.717, 1.165) is 11.3 Å². The lowest BCUT2D eigenvalue weighted by Crippen LogP contribution is -2.00. The van der Waals surface area contributed by atoms with E-state index in [-0.39, 0.29) is 5.56 Å². The summed E-state index contributed by atoms with van der Waals surface area (Å²) in [4.78, 5) is 16.2. The monoisotopic (exact) mass is 421 g/mol. The number of hydrogen-bond acceptors (Lipinski definition) is 3. The van der Waals surface area contributed by atoms with Crippen molar-refractivity contribution < 1.29 is 19.0 Å². The van der Waals surface area contributed by atoms with Crippen molar-refractivity contribution in [2.24, 2.45) is 0 Å². The Bertz CT molecular complexity index is 1260. The molecule has 0 aliphatic carbocycles. The van der Waals surface area contributed by atoms with Crippen molar-refractivity contribution >= 4 is 28.5 Å². The van der Waals surface area contributed by atoms with Gasteiger partial charge in [-0.2, -0.15) is 0 Å². The summed E-state index contributed by atoms with van der Waals surface area (Å²) in [7, 11) is 0. The quantitative estimate of drug-likeness (QED) is 0.402. The zero-order chi connectivity index (χ0) is 21.3. The summed E-state index contributed by atoms with van der Waals surface area (Å²) in [6.07, 6.45) is 0. The van der Waals surface area contributed by atoms with Crippen LogP contribution in [0.4, 0.5) is 4.39 Å². The van der Waals surface area contributed by atoms with Crippen molar-refractivity contribution in [1.29, 1.82) is 0 Å². The highest BCUT2D eigenvalue weighted by molar-refractivity contribution is 6.31. The van der Waals surface area contributed by atoms with Crippen molar-refractivity contribution in [3.63, 3.8) is 0 Å². The second-order valence-corrected chi connectivity index (χ2v) is 7.11. The first kappa shape index (κ1) is 19.9. The van der Waals surface area contributed by atoms with Gasteiger partial charge in [0.1, 0.15) is 11.6 Å². The van der Waals surface area contributed by atoms with Crippen LogP contribution in [0.1, 0.15) is 17.3 Å². The highest BCUT2D eigenvalue weighted by atomic mass is 35.5. The van der Waals surface area contributed by atoms with Gasteiger partial charge in [-0.25, -0.2) is 14.2 Å². The number of hydrogen-bond donors (Lipinski definition) is 1. The number of fused-ring (bicyclic) bond motifs is 1. The molecule has 0 radical (unpaired) electrons. The number of pyridine rings is 1. The van der Waals surface area contributed by atoms with E-state index in [0.29, 0.717) is 39.4 Å². The van der Waals surface area contributed by atoms with Crippen LogP contribution in [0.15, 0.2) is 66.7 Å². The van der Waals surface area contributed by atoms with E-state index in [1.54, 1.807) is 54.6 Å². The van der Waals surface area contributed by atoms with E-state index in [1.165, 1.54) is 12.1 Å². The average molecular weight is 422 g/mol. The molecule has 30 heavy (non-hydrogen) atoms. The van der Waals surface area contributed by atoms with Gasteiger partial charge in [0.05, 0.1) is 23.4 Å². The number of aromatic carboxylic acids is 1. The fourth-order valence-electron chi connectivity index (χ4n) is 3.33. The molecule has 4 nitrogen and oxygen atoms in total. The SMILES string of the molecule is CCOc1ccc(-c2ccc(-c3cc(C(=O)O)c4cc(Cl)ccc4n3)cc2F)cc1. The van der Waals surface area contributed by atoms with E-state index < -0.39 is 11.8 Å². The van der Waals surface area contributed by atoms with Gasteiger partial charge in [0.15, 0.2) is 0 Å². The van der Waals surface area contributed by atoms with Crippen LogP contribution in [-0.4, -0.2) is 22.7 Å². The molecular formula is C24H17ClFNO3. The molecular weight excluding hydrogens is 405 g/mol. The largest absolute Gasteiger partial charge is 0.494 e. The van der Waals surface area contributed by atoms with Gasteiger partial charge in [0.2, 0.25) is 0 Å². The van der Waals surface area contributed by atoms with E-state index in [2.05, 4.69) is 4.98 Å². The lowest BCUT2D eigenvalue weighted by atomic mass is 10.00. The molecule has 4 rings (SSSR count). The van der Waals surface area contributed by atoms with Gasteiger partial charge in [0.25, 0.3) is 0 Å². The van der Waals surface area contributed by atoms with Crippen molar-refractivity contribution in [3.05, 3.63) is 83.1 Å². The van der Waals surface area contributed by atoms with Crippen LogP contribution in [0.3, 0.4) is 0 Å². The Balaban J connectivity index is 1.76. The number of carboxylic acid groups (broad SMARTS) is 1. The van der Waals surface area contributed by atoms with Crippen LogP contribution in [0.25, 0.3) is 33.3 Å². The number of benzene rings is 3. The van der Waals surface area contributed by atoms with Gasteiger partial charge < -0.3 is 9.84 Å². The van der Waals surface area contributed by atoms with Crippen LogP contribution >= 0.6 is 11.6 Å². The molecule has 6 heteroatoms. The molecule has 0 fully saturated rings. The third kappa shape index (κ3) is 3.84. The van der Waals surface area contributed by atoms with Gasteiger partial charge in [-0.3, -0.25) is 0 Å². The van der Waals surface area contributed by atoms with E-state index in [1.807, 2.05) is 6.92 Å². The Morgan fingerprint density at radius 3 is 2.43 bits per heavy atom. The molecule has 0 unspecified atom stereocenters. The summed E-state index contributed by atoms with van der Waals surface area (Å²) in [6, 6.07) is 18.2. The Morgan fingerprint density at radius 1 is 1.03 bits per heavy atom. The molecule has 0 saturated carbocycles. The van der Waals surface area contributed by atoms with Crippen molar-refractivity contribution in [2.45, 2.75) is 6.92 Å². The van der Waals surface area contributed by atoms with E-state index in [4.69, 9.17) is 16.3 Å². The summed E-state index contributed by atoms with van der Waals surface area (Å²) in [6.45, 7) is 2.46. The van der Waals surface area contributed by atoms with Crippen molar-refractivity contribution in [2.75, 3.05) is 6.61 Å². The Hall–Kier alpha value is -3.44. The summed E-state index contributed by atoms with van der Waals surface area (Å²) in [5.74, 6) is -0.802. The van der Waals surface area contributed by atoms with Crippen LogP contribution in [0.5, 0.6) is 5.75 Å². The zero-order valence-corrected chi connectivity index (χ0v) is 16.8. The van der Waals surface area contributed by atoms with Crippen LogP contribution < -0.4 is 4.74 Å². The summed E-state index contributed by atoms with van der Waals surface area (Å²) in [5.41, 5.74) is 2.56. The van der Waals surface area contributed by atoms with Crippen LogP contribution in [0, 0.1) is 5.82 Å². The predicted molar refractivity (Wildman–Crippen MR) is 116 cm³/mol. The van der Waals surface area contributed by atoms with E-state index in [9.17, 15) is 14.3 Å². The Morgan fingerprint density at radius 2 is 1.77 bits per heavy atom. The third-order valence-corrected chi connectivity index (χ3v) is 4.98. The molecule has 4 aromatic rings. The lowest BCUT2D eigenvalue weighted by Gasteiger charge is -2.10. The number of aromatic nitrogens is 1. The topological polar surface area (TPSA) is 59.4 Å². The van der Waals surface area contributed by atoms with Gasteiger partial charge in [0, 0.05) is 21.5 Å². The molecule has 0 aliphatic rings. The normalized spacial score (nSPS) is 10.9. The molecule has 0 amide bonds. The molecule has 1 heterocycles. The first-order chi connectivity index (χ1) is 14.5. The molecule has 3 aromatic carbocycles. The fraction of sp³-hybridized carbons (Fsp3) is 0.0833. The Labute approximate surface area is 177 Å². The number of nitrogens with zero attached hydrogens (tertiary/aromatic N) is 1. The average Bonchev–Trinajstić information content (AvgIpc) is 2.73. The maximum Gasteiger partial charge on any atom is 0.336 e. The second kappa shape index (κ2) is 8.13. The minimum atomic E-state index is -1.10. The van der Waals surface area contributed by atoms with Crippen molar-refractivity contribution in [3.8, 4) is 28.1 Å². The maximum atomic E-state index is 14.9. The minimum absolute atomic E-state index is 0.0634.